The Morgan fingerprint density at radius 2 is 1.33 bits per heavy atom. The molecule has 122 valence electrons. The molecule has 1 nitrogen and oxygen atoms in total. The van der Waals surface area contributed by atoms with E-state index in [1.165, 1.54) is 56.9 Å². The van der Waals surface area contributed by atoms with Gasteiger partial charge in [-0.25, -0.2) is 0 Å². The molecule has 0 spiro atoms. The third kappa shape index (κ3) is 15.7. The Balaban J connectivity index is 0.000000382. The summed E-state index contributed by atoms with van der Waals surface area (Å²) in [6.45, 7) is 3.29. The van der Waals surface area contributed by atoms with E-state index in [0.717, 1.165) is 12.4 Å². The first kappa shape index (κ1) is 20.5. The van der Waals surface area contributed by atoms with Crippen molar-refractivity contribution in [3.63, 3.8) is 0 Å². The Kier molecular flexibility index (Phi) is 15.5. The summed E-state index contributed by atoms with van der Waals surface area (Å²) in [4.78, 5) is 2.16. The molecular formula is C19H34ClN. The maximum atomic E-state index is 5.56. The number of rotatable bonds is 10. The van der Waals surface area contributed by atoms with Crippen LogP contribution in [0.15, 0.2) is 30.3 Å². The number of alkyl halides is 1. The molecule has 0 radical (unpaired) electrons. The van der Waals surface area contributed by atoms with Crippen LogP contribution in [0.5, 0.6) is 0 Å². The molecule has 0 amide bonds. The van der Waals surface area contributed by atoms with Gasteiger partial charge in [0.05, 0.1) is 0 Å². The monoisotopic (exact) mass is 311 g/mol. The molecule has 1 aromatic carbocycles. The van der Waals surface area contributed by atoms with E-state index >= 15 is 0 Å². The topological polar surface area (TPSA) is 3.24 Å². The molecule has 21 heavy (non-hydrogen) atoms. The van der Waals surface area contributed by atoms with Crippen LogP contribution in [0.3, 0.4) is 0 Å². The number of hydrogen-bond acceptors (Lipinski definition) is 1. The van der Waals surface area contributed by atoms with Crippen molar-refractivity contribution in [1.82, 2.24) is 4.90 Å². The van der Waals surface area contributed by atoms with E-state index in [2.05, 4.69) is 50.2 Å². The van der Waals surface area contributed by atoms with Crippen LogP contribution in [0.4, 0.5) is 0 Å². The van der Waals surface area contributed by atoms with Crippen LogP contribution >= 0.6 is 11.6 Å². The number of hydrogen-bond donors (Lipinski definition) is 0. The fourth-order valence-corrected chi connectivity index (χ4v) is 2.37. The molecule has 0 atom stereocenters. The zero-order chi connectivity index (χ0) is 15.8. The van der Waals surface area contributed by atoms with Crippen molar-refractivity contribution in [2.24, 2.45) is 0 Å². The van der Waals surface area contributed by atoms with Gasteiger partial charge < -0.3 is 4.90 Å². The molecule has 2 heteroatoms. The Hall–Kier alpha value is -0.530. The molecular weight excluding hydrogens is 278 g/mol. The van der Waals surface area contributed by atoms with Crippen LogP contribution in [-0.4, -0.2) is 24.9 Å². The lowest BCUT2D eigenvalue weighted by Gasteiger charge is -2.08. The van der Waals surface area contributed by atoms with E-state index < -0.39 is 0 Å². The molecule has 0 aliphatic carbocycles. The zero-order valence-corrected chi connectivity index (χ0v) is 15.0. The lowest BCUT2D eigenvalue weighted by Crippen LogP contribution is -2.10. The van der Waals surface area contributed by atoms with Crippen molar-refractivity contribution in [1.29, 1.82) is 0 Å². The molecule has 0 aliphatic rings. The summed E-state index contributed by atoms with van der Waals surface area (Å²) < 4.78 is 0. The number of unbranched alkanes of at least 4 members (excludes halogenated alkanes) is 7. The van der Waals surface area contributed by atoms with E-state index in [1.54, 1.807) is 0 Å². The lowest BCUT2D eigenvalue weighted by molar-refractivity contribution is 0.402. The number of benzene rings is 1. The van der Waals surface area contributed by atoms with E-state index in [-0.39, 0.29) is 0 Å². The van der Waals surface area contributed by atoms with Crippen LogP contribution in [-0.2, 0) is 6.54 Å². The maximum Gasteiger partial charge on any atom is 0.0227 e. The van der Waals surface area contributed by atoms with Gasteiger partial charge in [0.25, 0.3) is 0 Å². The van der Waals surface area contributed by atoms with Gasteiger partial charge in [0.15, 0.2) is 0 Å². The van der Waals surface area contributed by atoms with Crippen LogP contribution in [0, 0.1) is 0 Å². The quantitative estimate of drug-likeness (QED) is 0.372. The summed E-state index contributed by atoms with van der Waals surface area (Å²) in [5.74, 6) is 0.842. The summed E-state index contributed by atoms with van der Waals surface area (Å²) in [6.07, 6.45) is 10.9. The summed E-state index contributed by atoms with van der Waals surface area (Å²) in [7, 11) is 4.15. The van der Waals surface area contributed by atoms with Gasteiger partial charge in [-0.2, -0.15) is 0 Å². The normalized spacial score (nSPS) is 10.3. The molecule has 0 N–H and O–H groups in total. The zero-order valence-electron chi connectivity index (χ0n) is 14.3. The van der Waals surface area contributed by atoms with E-state index in [9.17, 15) is 0 Å². The molecule has 0 aromatic heterocycles. The molecule has 1 rings (SSSR count). The van der Waals surface area contributed by atoms with Gasteiger partial charge in [-0.1, -0.05) is 82.2 Å². The second-order valence-corrected chi connectivity index (χ2v) is 6.27. The second-order valence-electron chi connectivity index (χ2n) is 5.89. The summed E-state index contributed by atoms with van der Waals surface area (Å²) in [5.41, 5.74) is 1.37. The standard InChI is InChI=1S/C10H21Cl.C9H13N/c1-2-3-4-5-6-7-8-9-10-11;1-10(2)8-9-6-4-3-5-7-9/h2-10H2,1H3;3-7H,8H2,1-2H3. The van der Waals surface area contributed by atoms with E-state index in [0.29, 0.717) is 0 Å². The third-order valence-electron chi connectivity index (χ3n) is 3.33. The molecule has 0 bridgehead atoms. The minimum absolute atomic E-state index is 0.842. The molecule has 1 aromatic rings. The largest absolute Gasteiger partial charge is 0.305 e. The summed E-state index contributed by atoms with van der Waals surface area (Å²) in [6, 6.07) is 10.5. The molecule has 0 unspecified atom stereocenters. The van der Waals surface area contributed by atoms with Gasteiger partial charge in [-0.3, -0.25) is 0 Å². The average molecular weight is 312 g/mol. The first-order valence-corrected chi connectivity index (χ1v) is 8.98. The molecule has 0 saturated carbocycles. The van der Waals surface area contributed by atoms with Crippen molar-refractivity contribution >= 4 is 11.6 Å². The van der Waals surface area contributed by atoms with E-state index in [1.807, 2.05) is 6.07 Å². The lowest BCUT2D eigenvalue weighted by atomic mass is 10.1. The van der Waals surface area contributed by atoms with Gasteiger partial charge in [0, 0.05) is 12.4 Å². The first-order chi connectivity index (χ1) is 10.2. The second kappa shape index (κ2) is 15.9. The highest BCUT2D eigenvalue weighted by molar-refractivity contribution is 6.17. The van der Waals surface area contributed by atoms with Gasteiger partial charge in [0.2, 0.25) is 0 Å². The predicted molar refractivity (Wildman–Crippen MR) is 97.2 cm³/mol. The highest BCUT2D eigenvalue weighted by atomic mass is 35.5. The Bertz CT molecular complexity index is 290. The van der Waals surface area contributed by atoms with Crippen LogP contribution in [0.2, 0.25) is 0 Å². The smallest absolute Gasteiger partial charge is 0.0227 e. The number of halogens is 1. The van der Waals surface area contributed by atoms with Gasteiger partial charge in [-0.15, -0.1) is 11.6 Å². The molecule has 0 fully saturated rings. The summed E-state index contributed by atoms with van der Waals surface area (Å²) in [5, 5.41) is 0. The van der Waals surface area contributed by atoms with Crippen LogP contribution < -0.4 is 0 Å². The Labute approximate surface area is 137 Å². The van der Waals surface area contributed by atoms with Crippen LogP contribution in [0.25, 0.3) is 0 Å². The minimum Gasteiger partial charge on any atom is -0.305 e. The molecule has 0 heterocycles. The van der Waals surface area contributed by atoms with Crippen molar-refractivity contribution < 1.29 is 0 Å². The fraction of sp³-hybridized carbons (Fsp3) is 0.684. The van der Waals surface area contributed by atoms with Crippen molar-refractivity contribution in [2.45, 2.75) is 64.8 Å². The minimum atomic E-state index is 0.842. The Morgan fingerprint density at radius 1 is 0.810 bits per heavy atom. The molecule has 0 aliphatic heterocycles. The SMILES string of the molecule is CCCCCCCCCCCl.CN(C)Cc1ccccc1. The number of nitrogens with zero attached hydrogens (tertiary/aromatic N) is 1. The maximum absolute atomic E-state index is 5.56. The van der Waals surface area contributed by atoms with Crippen molar-refractivity contribution in [3.8, 4) is 0 Å². The predicted octanol–water partition coefficient (Wildman–Crippen LogP) is 6.11. The molecule has 0 saturated heterocycles. The highest BCUT2D eigenvalue weighted by Gasteiger charge is 1.91. The van der Waals surface area contributed by atoms with Gasteiger partial charge in [-0.05, 0) is 26.1 Å². The average Bonchev–Trinajstić information content (AvgIpc) is 2.47. The van der Waals surface area contributed by atoms with Gasteiger partial charge in [0.1, 0.15) is 0 Å². The van der Waals surface area contributed by atoms with Gasteiger partial charge >= 0.3 is 0 Å². The van der Waals surface area contributed by atoms with E-state index in [4.69, 9.17) is 11.6 Å². The highest BCUT2D eigenvalue weighted by Crippen LogP contribution is 2.08. The summed E-state index contributed by atoms with van der Waals surface area (Å²) >= 11 is 5.56. The Morgan fingerprint density at radius 3 is 1.81 bits per heavy atom. The van der Waals surface area contributed by atoms with Crippen LogP contribution in [0.1, 0.15) is 63.9 Å². The third-order valence-corrected chi connectivity index (χ3v) is 3.60. The van der Waals surface area contributed by atoms with Crippen molar-refractivity contribution in [2.75, 3.05) is 20.0 Å². The van der Waals surface area contributed by atoms with Crippen molar-refractivity contribution in [3.05, 3.63) is 35.9 Å². The fourth-order valence-electron chi connectivity index (χ4n) is 2.18. The first-order valence-electron chi connectivity index (χ1n) is 8.45.